The van der Waals surface area contributed by atoms with Crippen LogP contribution < -0.4 is 0 Å². The smallest absolute Gasteiger partial charge is 0.303 e. The van der Waals surface area contributed by atoms with E-state index in [0.717, 1.165) is 25.7 Å². The van der Waals surface area contributed by atoms with E-state index < -0.39 is 5.97 Å². The van der Waals surface area contributed by atoms with Crippen LogP contribution in [-0.4, -0.2) is 11.1 Å². The molecule has 0 aliphatic carbocycles. The van der Waals surface area contributed by atoms with Crippen LogP contribution in [0.4, 0.5) is 0 Å². The van der Waals surface area contributed by atoms with Crippen molar-refractivity contribution in [1.82, 2.24) is 0 Å². The number of hydrogen-bond donors (Lipinski definition) is 1. The van der Waals surface area contributed by atoms with Gasteiger partial charge in [-0.05, 0) is 38.5 Å². The van der Waals surface area contributed by atoms with Crippen LogP contribution in [0.5, 0.6) is 0 Å². The molecule has 2 nitrogen and oxygen atoms in total. The maximum Gasteiger partial charge on any atom is 0.303 e. The number of carboxylic acid groups (broad SMARTS) is 1. The van der Waals surface area contributed by atoms with Crippen molar-refractivity contribution in [3.63, 3.8) is 0 Å². The van der Waals surface area contributed by atoms with E-state index in [1.165, 1.54) is 44.9 Å². The van der Waals surface area contributed by atoms with Gasteiger partial charge in [-0.1, -0.05) is 63.3 Å². The first-order valence-corrected chi connectivity index (χ1v) is 8.29. The molecule has 116 valence electrons. The minimum absolute atomic E-state index is 0.324. The first kappa shape index (κ1) is 18.9. The lowest BCUT2D eigenvalue weighted by Gasteiger charge is -1.98. The van der Waals surface area contributed by atoms with E-state index in [0.29, 0.717) is 6.42 Å². The molecule has 0 fully saturated rings. The Morgan fingerprint density at radius 3 is 1.95 bits per heavy atom. The molecule has 0 heterocycles. The van der Waals surface area contributed by atoms with Crippen LogP contribution in [0.15, 0.2) is 24.3 Å². The Labute approximate surface area is 125 Å². The molecule has 0 radical (unpaired) electrons. The van der Waals surface area contributed by atoms with Crippen LogP contribution >= 0.6 is 0 Å². The normalized spacial score (nSPS) is 11.7. The average molecular weight is 298 g/mol. The maximum absolute atomic E-state index is 10.3. The Morgan fingerprint density at radius 1 is 0.800 bits per heavy atom. The number of carbonyl (C=O) groups is 1. The molecule has 0 aromatic rings. The van der Waals surface area contributed by atoms with Crippen LogP contribution in [0, 0.1) is 0 Å². The highest BCUT2D eigenvalue weighted by Crippen LogP contribution is 2.08. The van der Waals surface area contributed by atoms with Gasteiger partial charge in [0.1, 0.15) is 0 Å². The van der Waals surface area contributed by atoms with Gasteiger partial charge in [-0.25, -0.2) is 0 Å². The predicted molar refractivity (Wildman–Crippen MR) is 87.0 cm³/mol. The zero-order valence-corrected chi connectivity index (χ0v) is 13.2. The number of carboxylic acids is 1. The number of hydrogen-bond acceptors (Lipinski definition) is 1. The highest BCUT2D eigenvalue weighted by molar-refractivity contribution is 5.66. The first-order chi connectivity index (χ1) is 9.77. The molecule has 0 saturated heterocycles. The molecular formula is C18H32O2. The van der Waals surface area contributed by atoms with E-state index in [1.54, 1.807) is 0 Å². The van der Waals surface area contributed by atoms with Gasteiger partial charge in [0.2, 0.25) is 0 Å². The maximum atomic E-state index is 10.3. The summed E-state index contributed by atoms with van der Waals surface area (Å²) in [6.07, 6.45) is 22.3. The van der Waals surface area contributed by atoms with E-state index in [9.17, 15) is 4.79 Å². The molecule has 0 amide bonds. The van der Waals surface area contributed by atoms with Crippen molar-refractivity contribution in [3.8, 4) is 0 Å². The Bertz CT molecular complexity index is 267. The highest BCUT2D eigenvalue weighted by Gasteiger charge is 1.95. The van der Waals surface area contributed by atoms with Gasteiger partial charge in [0.15, 0.2) is 0 Å². The third-order valence-electron chi connectivity index (χ3n) is 3.34. The minimum Gasteiger partial charge on any atom is -0.481 e. The number of allylic oxidation sites excluding steroid dienone is 4. The minimum atomic E-state index is -0.671. The quantitative estimate of drug-likeness (QED) is 0.247. The Kier molecular flexibility index (Phi) is 15.2. The molecule has 0 unspecified atom stereocenters. The summed E-state index contributed by atoms with van der Waals surface area (Å²) < 4.78 is 0. The lowest BCUT2D eigenvalue weighted by Crippen LogP contribution is -1.93. The van der Waals surface area contributed by atoms with Crippen molar-refractivity contribution in [2.24, 2.45) is 0 Å². The molecule has 0 atom stereocenters. The zero-order chi connectivity index (χ0) is 14.9. The molecule has 0 saturated carbocycles. The first-order valence-electron chi connectivity index (χ1n) is 8.29. The van der Waals surface area contributed by atoms with E-state index in [1.807, 2.05) is 0 Å². The van der Waals surface area contributed by atoms with Gasteiger partial charge in [-0.15, -0.1) is 0 Å². The molecule has 0 spiro atoms. The molecule has 0 bridgehead atoms. The number of aliphatic carboxylic acids is 1. The second kappa shape index (κ2) is 16.0. The van der Waals surface area contributed by atoms with Crippen LogP contribution in [-0.2, 0) is 4.79 Å². The van der Waals surface area contributed by atoms with Crippen LogP contribution in [0.1, 0.15) is 84.0 Å². The summed E-state index contributed by atoms with van der Waals surface area (Å²) in [4.78, 5) is 10.3. The summed E-state index contributed by atoms with van der Waals surface area (Å²) in [6, 6.07) is 0. The lowest BCUT2D eigenvalue weighted by molar-refractivity contribution is -0.137. The highest BCUT2D eigenvalue weighted by atomic mass is 16.5. The second-order valence-corrected chi connectivity index (χ2v) is 5.37. The average Bonchev–Trinajstić information content (AvgIpc) is 2.43. The van der Waals surface area contributed by atoms with E-state index in [2.05, 4.69) is 31.2 Å². The number of rotatable bonds is 14. The van der Waals surface area contributed by atoms with Crippen molar-refractivity contribution < 1.29 is 9.90 Å². The van der Waals surface area contributed by atoms with Crippen molar-refractivity contribution in [1.29, 1.82) is 0 Å². The van der Waals surface area contributed by atoms with Crippen LogP contribution in [0.3, 0.4) is 0 Å². The molecule has 0 rings (SSSR count). The number of unbranched alkanes of at least 4 members (excludes halogenated alkanes) is 8. The van der Waals surface area contributed by atoms with Gasteiger partial charge in [0, 0.05) is 6.42 Å². The fourth-order valence-corrected chi connectivity index (χ4v) is 2.09. The van der Waals surface area contributed by atoms with Crippen molar-refractivity contribution >= 4 is 5.97 Å². The van der Waals surface area contributed by atoms with Gasteiger partial charge >= 0.3 is 5.97 Å². The summed E-state index contributed by atoms with van der Waals surface area (Å²) in [5.41, 5.74) is 0. The van der Waals surface area contributed by atoms with Crippen LogP contribution in [0.2, 0.25) is 0 Å². The van der Waals surface area contributed by atoms with Gasteiger partial charge in [-0.2, -0.15) is 0 Å². The standard InChI is InChI=1S/C18H32O2/c1-2-3-4-5-6-7-8-9-10-11-12-13-14-15-16-17-18(19)20/h6-7,9-10H,2-5,8,11-17H2,1H3,(H,19,20)/i1+1,2+1,3+1,4+1,5+1,6+1,7+1,8+1,9+1,10+1,11+1,12+1,13+1,14+1,15+1,16+1,17+1,18+1. The van der Waals surface area contributed by atoms with Crippen molar-refractivity contribution in [3.05, 3.63) is 24.3 Å². The van der Waals surface area contributed by atoms with Gasteiger partial charge in [0.05, 0.1) is 0 Å². The summed E-state index contributed by atoms with van der Waals surface area (Å²) in [5.74, 6) is -0.671. The van der Waals surface area contributed by atoms with Gasteiger partial charge in [-0.3, -0.25) is 4.79 Å². The Balaban J connectivity index is 3.17. The topological polar surface area (TPSA) is 37.3 Å². The van der Waals surface area contributed by atoms with Crippen molar-refractivity contribution in [2.45, 2.75) is 84.0 Å². The van der Waals surface area contributed by atoms with E-state index in [-0.39, 0.29) is 0 Å². The largest absolute Gasteiger partial charge is 0.481 e. The van der Waals surface area contributed by atoms with Gasteiger partial charge in [0.25, 0.3) is 0 Å². The monoisotopic (exact) mass is 298 g/mol. The van der Waals surface area contributed by atoms with E-state index in [4.69, 9.17) is 5.11 Å². The fourth-order valence-electron chi connectivity index (χ4n) is 2.09. The summed E-state index contributed by atoms with van der Waals surface area (Å²) in [5, 5.41) is 8.50. The lowest BCUT2D eigenvalue weighted by atomic mass is 11.1. The molecule has 0 aromatic heterocycles. The zero-order valence-electron chi connectivity index (χ0n) is 13.2. The molecule has 20 heavy (non-hydrogen) atoms. The van der Waals surface area contributed by atoms with Crippen molar-refractivity contribution in [2.75, 3.05) is 0 Å². The molecule has 2 heteroatoms. The predicted octanol–water partition coefficient (Wildman–Crippen LogP) is 5.88. The summed E-state index contributed by atoms with van der Waals surface area (Å²) in [6.45, 7) is 2.23. The third-order valence-corrected chi connectivity index (χ3v) is 3.34. The fraction of sp³-hybridized carbons (Fsp3) is 0.722. The Hall–Kier alpha value is -1.05. The molecular weight excluding hydrogens is 266 g/mol. The SMILES string of the molecule is [13CH3][13CH2][13CH2][13CH2][13CH2][13CH]=[13CH][13CH2][13CH]=[13CH][13CH2][13CH2][13CH2][13CH2][13CH2][13CH2][13CH2][13C](=O)O. The summed E-state index contributed by atoms with van der Waals surface area (Å²) in [7, 11) is 0. The molecule has 1 N–H and O–H groups in total. The Morgan fingerprint density at radius 2 is 1.35 bits per heavy atom. The molecule has 0 aliphatic heterocycles. The second-order valence-electron chi connectivity index (χ2n) is 5.37. The molecule has 0 aromatic carbocycles. The summed E-state index contributed by atoms with van der Waals surface area (Å²) >= 11 is 0. The van der Waals surface area contributed by atoms with Gasteiger partial charge < -0.3 is 5.11 Å². The molecule has 0 aliphatic rings. The van der Waals surface area contributed by atoms with E-state index >= 15 is 0 Å². The third kappa shape index (κ3) is 16.9. The van der Waals surface area contributed by atoms with Crippen LogP contribution in [0.25, 0.3) is 0 Å².